The minimum absolute atomic E-state index is 0.161. The fourth-order valence-corrected chi connectivity index (χ4v) is 3.69. The van der Waals surface area contributed by atoms with Crippen LogP contribution in [0.3, 0.4) is 0 Å². The van der Waals surface area contributed by atoms with Gasteiger partial charge in [0.15, 0.2) is 0 Å². The molecular weight excluding hydrogens is 350 g/mol. The molecule has 0 aromatic carbocycles. The summed E-state index contributed by atoms with van der Waals surface area (Å²) < 4.78 is 5.77. The van der Waals surface area contributed by atoms with Crippen molar-refractivity contribution in [1.29, 1.82) is 0 Å². The first-order valence-corrected chi connectivity index (χ1v) is 9.66. The van der Waals surface area contributed by atoms with Crippen molar-refractivity contribution in [3.63, 3.8) is 0 Å². The normalized spacial score (nSPS) is 19.8. The van der Waals surface area contributed by atoms with Gasteiger partial charge in [-0.15, -0.1) is 6.42 Å². The van der Waals surface area contributed by atoms with E-state index in [1.165, 1.54) is 0 Å². The number of likely N-dealkylation sites (tertiary alicyclic amines) is 1. The fraction of sp³-hybridized carbons (Fsp3) is 0.435. The topological polar surface area (TPSA) is 55.3 Å². The number of ether oxygens (including phenoxy) is 1. The van der Waals surface area contributed by atoms with Crippen LogP contribution in [-0.2, 0) is 4.74 Å². The van der Waals surface area contributed by atoms with E-state index < -0.39 is 5.60 Å². The summed E-state index contributed by atoms with van der Waals surface area (Å²) in [7, 11) is 0. The lowest BCUT2D eigenvalue weighted by Crippen LogP contribution is -2.44. The van der Waals surface area contributed by atoms with Gasteiger partial charge in [-0.1, -0.05) is 18.1 Å². The van der Waals surface area contributed by atoms with Crippen LogP contribution >= 0.6 is 0 Å². The summed E-state index contributed by atoms with van der Waals surface area (Å²) >= 11 is 0. The molecule has 1 amide bonds. The molecule has 2 aromatic rings. The zero-order valence-corrected chi connectivity index (χ0v) is 17.0. The van der Waals surface area contributed by atoms with Crippen LogP contribution in [-0.4, -0.2) is 26.6 Å². The molecule has 0 bridgehead atoms. The van der Waals surface area contributed by atoms with E-state index in [9.17, 15) is 4.79 Å². The first kappa shape index (κ1) is 19.9. The molecule has 0 saturated carbocycles. The van der Waals surface area contributed by atoms with Gasteiger partial charge in [-0.3, -0.25) is 9.88 Å². The third kappa shape index (κ3) is 4.33. The third-order valence-electron chi connectivity index (χ3n) is 4.86. The maximum atomic E-state index is 13.3. The molecule has 0 radical (unpaired) electrons. The zero-order valence-electron chi connectivity index (χ0n) is 17.0. The van der Waals surface area contributed by atoms with Gasteiger partial charge >= 0.3 is 6.09 Å². The van der Waals surface area contributed by atoms with Crippen LogP contribution in [0.15, 0.2) is 36.5 Å². The molecule has 3 rings (SSSR count). The lowest BCUT2D eigenvalue weighted by atomic mass is 9.90. The highest BCUT2D eigenvalue weighted by atomic mass is 16.6. The quantitative estimate of drug-likeness (QED) is 0.694. The molecule has 1 aliphatic heterocycles. The number of aryl methyl sites for hydroxylation is 1. The van der Waals surface area contributed by atoms with Gasteiger partial charge < -0.3 is 4.74 Å². The molecule has 0 aliphatic carbocycles. The van der Waals surface area contributed by atoms with E-state index in [1.807, 2.05) is 56.9 Å². The Morgan fingerprint density at radius 3 is 2.64 bits per heavy atom. The molecule has 2 aromatic heterocycles. The number of terminal acetylenes is 1. The van der Waals surface area contributed by atoms with Crippen LogP contribution in [0.2, 0.25) is 0 Å². The van der Waals surface area contributed by atoms with Crippen molar-refractivity contribution >= 4 is 6.09 Å². The van der Waals surface area contributed by atoms with E-state index in [4.69, 9.17) is 11.2 Å². The average molecular weight is 377 g/mol. The maximum absolute atomic E-state index is 13.3. The van der Waals surface area contributed by atoms with Crippen LogP contribution in [0.1, 0.15) is 74.8 Å². The number of piperidine rings is 1. The predicted octanol–water partition coefficient (Wildman–Crippen LogP) is 4.97. The number of rotatable bonds is 2. The first-order valence-electron chi connectivity index (χ1n) is 9.66. The molecule has 2 atom stereocenters. The number of hydrogen-bond acceptors (Lipinski definition) is 4. The number of carbonyl (C=O) groups is 1. The van der Waals surface area contributed by atoms with Gasteiger partial charge in [-0.05, 0) is 70.7 Å². The molecule has 0 unspecified atom stereocenters. The summed E-state index contributed by atoms with van der Waals surface area (Å²) in [5.41, 5.74) is 2.74. The molecule has 1 saturated heterocycles. The van der Waals surface area contributed by atoms with Gasteiger partial charge in [0.1, 0.15) is 11.3 Å². The number of carbonyl (C=O) groups excluding carboxylic acids is 1. The average Bonchev–Trinajstić information content (AvgIpc) is 2.66. The minimum Gasteiger partial charge on any atom is -0.444 e. The highest BCUT2D eigenvalue weighted by molar-refractivity contribution is 5.70. The van der Waals surface area contributed by atoms with Crippen molar-refractivity contribution in [2.45, 2.75) is 64.6 Å². The van der Waals surface area contributed by atoms with Gasteiger partial charge in [-0.2, -0.15) is 0 Å². The smallest absolute Gasteiger partial charge is 0.411 e. The molecule has 5 nitrogen and oxygen atoms in total. The number of aromatic nitrogens is 2. The monoisotopic (exact) mass is 377 g/mol. The van der Waals surface area contributed by atoms with Gasteiger partial charge in [0.25, 0.3) is 0 Å². The summed E-state index contributed by atoms with van der Waals surface area (Å²) in [6.45, 7) is 7.66. The SMILES string of the molecule is C#Cc1cccc([C@H]2CCC[C@@H](c3ncccc3C)N2C(=O)OC(C)(C)C)n1. The second kappa shape index (κ2) is 8.02. The fourth-order valence-electron chi connectivity index (χ4n) is 3.69. The molecule has 0 spiro atoms. The summed E-state index contributed by atoms with van der Waals surface area (Å²) in [4.78, 5) is 24.2. The molecule has 5 heteroatoms. The van der Waals surface area contributed by atoms with Crippen molar-refractivity contribution in [2.24, 2.45) is 0 Å². The standard InChI is InChI=1S/C23H27N3O2/c1-6-17-11-7-12-18(25-17)19-13-8-14-20(21-16(2)10-9-15-24-21)26(19)22(27)28-23(3,4)5/h1,7,9-12,15,19-20H,8,13-14H2,2-5H3/t19-,20+/m1/s1. The van der Waals surface area contributed by atoms with Crippen LogP contribution in [0.25, 0.3) is 0 Å². The van der Waals surface area contributed by atoms with E-state index in [2.05, 4.69) is 15.9 Å². The Labute approximate surface area is 167 Å². The van der Waals surface area contributed by atoms with Gasteiger partial charge in [0.2, 0.25) is 0 Å². The van der Waals surface area contributed by atoms with E-state index in [0.29, 0.717) is 5.69 Å². The number of hydrogen-bond donors (Lipinski definition) is 0. The Kier molecular flexibility index (Phi) is 5.69. The highest BCUT2D eigenvalue weighted by Crippen LogP contribution is 2.42. The minimum atomic E-state index is -0.586. The Balaban J connectivity index is 2.05. The molecule has 146 valence electrons. The molecule has 28 heavy (non-hydrogen) atoms. The second-order valence-electron chi connectivity index (χ2n) is 8.15. The van der Waals surface area contributed by atoms with Gasteiger partial charge in [-0.25, -0.2) is 9.78 Å². The van der Waals surface area contributed by atoms with Crippen molar-refractivity contribution in [3.8, 4) is 12.3 Å². The molecule has 1 fully saturated rings. The van der Waals surface area contributed by atoms with Crippen LogP contribution in [0.5, 0.6) is 0 Å². The molecule has 1 aliphatic rings. The van der Waals surface area contributed by atoms with Crippen molar-refractivity contribution in [2.75, 3.05) is 0 Å². The van der Waals surface area contributed by atoms with E-state index in [1.54, 1.807) is 12.3 Å². The van der Waals surface area contributed by atoms with E-state index in [0.717, 1.165) is 36.2 Å². The summed E-state index contributed by atoms with van der Waals surface area (Å²) in [6, 6.07) is 9.18. The Hall–Kier alpha value is -2.87. The Morgan fingerprint density at radius 2 is 1.96 bits per heavy atom. The van der Waals surface area contributed by atoms with Crippen molar-refractivity contribution < 1.29 is 9.53 Å². The molecule has 3 heterocycles. The summed E-state index contributed by atoms with van der Waals surface area (Å²) in [5.74, 6) is 2.58. The Morgan fingerprint density at radius 1 is 1.21 bits per heavy atom. The lowest BCUT2D eigenvalue weighted by molar-refractivity contribution is -0.00804. The second-order valence-corrected chi connectivity index (χ2v) is 8.15. The van der Waals surface area contributed by atoms with Crippen LogP contribution in [0, 0.1) is 19.3 Å². The molecular formula is C23H27N3O2. The number of amides is 1. The van der Waals surface area contributed by atoms with Crippen LogP contribution < -0.4 is 0 Å². The maximum Gasteiger partial charge on any atom is 0.411 e. The van der Waals surface area contributed by atoms with Crippen molar-refractivity contribution in [3.05, 3.63) is 59.2 Å². The summed E-state index contributed by atoms with van der Waals surface area (Å²) in [5, 5.41) is 0. The number of pyridine rings is 2. The first-order chi connectivity index (χ1) is 13.3. The van der Waals surface area contributed by atoms with Crippen molar-refractivity contribution in [1.82, 2.24) is 14.9 Å². The lowest BCUT2D eigenvalue weighted by Gasteiger charge is -2.42. The molecule has 0 N–H and O–H groups in total. The number of nitrogens with zero attached hydrogens (tertiary/aromatic N) is 3. The zero-order chi connectivity index (χ0) is 20.3. The van der Waals surface area contributed by atoms with Gasteiger partial charge in [0, 0.05) is 6.20 Å². The predicted molar refractivity (Wildman–Crippen MR) is 109 cm³/mol. The highest BCUT2D eigenvalue weighted by Gasteiger charge is 2.40. The van der Waals surface area contributed by atoms with E-state index in [-0.39, 0.29) is 18.2 Å². The van der Waals surface area contributed by atoms with Gasteiger partial charge in [0.05, 0.1) is 23.5 Å². The largest absolute Gasteiger partial charge is 0.444 e. The third-order valence-corrected chi connectivity index (χ3v) is 4.86. The van der Waals surface area contributed by atoms with Crippen LogP contribution in [0.4, 0.5) is 4.79 Å². The Bertz CT molecular complexity index is 895. The van der Waals surface area contributed by atoms with E-state index >= 15 is 0 Å². The summed E-state index contributed by atoms with van der Waals surface area (Å²) in [6.07, 6.45) is 9.57.